The van der Waals surface area contributed by atoms with E-state index in [0.717, 1.165) is 5.56 Å². The maximum atomic E-state index is 13.1. The quantitative estimate of drug-likeness (QED) is 0.431. The third kappa shape index (κ3) is 6.73. The first-order valence-electron chi connectivity index (χ1n) is 10.8. The minimum absolute atomic E-state index is 0.243. The summed E-state index contributed by atoms with van der Waals surface area (Å²) in [7, 11) is 4.11. The molecule has 0 spiro atoms. The van der Waals surface area contributed by atoms with Crippen LogP contribution in [-0.2, 0) is 16.0 Å². The summed E-state index contributed by atoms with van der Waals surface area (Å²) in [5.41, 5.74) is 2.00. The number of amides is 3. The van der Waals surface area contributed by atoms with E-state index in [2.05, 4.69) is 20.7 Å². The Morgan fingerprint density at radius 3 is 1.86 bits per heavy atom. The Morgan fingerprint density at radius 2 is 1.31 bits per heavy atom. The number of nitrogens with one attached hydrogen (secondary N) is 3. The van der Waals surface area contributed by atoms with Gasteiger partial charge >= 0.3 is 6.09 Å². The Hall–Kier alpha value is -4.53. The molecule has 3 rings (SSSR count). The van der Waals surface area contributed by atoms with Crippen LogP contribution >= 0.6 is 0 Å². The highest BCUT2D eigenvalue weighted by molar-refractivity contribution is 6.06. The molecule has 0 aliphatic carbocycles. The molecule has 9 nitrogen and oxygen atoms in total. The van der Waals surface area contributed by atoms with Crippen molar-refractivity contribution >= 4 is 29.3 Å². The van der Waals surface area contributed by atoms with Gasteiger partial charge < -0.3 is 30.2 Å². The maximum Gasteiger partial charge on any atom is 0.407 e. The van der Waals surface area contributed by atoms with Gasteiger partial charge in [-0.1, -0.05) is 48.5 Å². The zero-order valence-corrected chi connectivity index (χ0v) is 19.7. The summed E-state index contributed by atoms with van der Waals surface area (Å²) < 4.78 is 15.5. The summed E-state index contributed by atoms with van der Waals surface area (Å²) in [5, 5.41) is 8.12. The molecule has 1 atom stereocenters. The average Bonchev–Trinajstić information content (AvgIpc) is 2.89. The summed E-state index contributed by atoms with van der Waals surface area (Å²) in [5.74, 6) is -0.210. The topological polar surface area (TPSA) is 115 Å². The molecular weight excluding hydrogens is 450 g/mol. The number of ether oxygens (including phenoxy) is 3. The van der Waals surface area contributed by atoms with Crippen molar-refractivity contribution in [2.45, 2.75) is 12.5 Å². The Balaban J connectivity index is 1.84. The highest BCUT2D eigenvalue weighted by Crippen LogP contribution is 2.36. The lowest BCUT2D eigenvalue weighted by atomic mass is 10.1. The van der Waals surface area contributed by atoms with Crippen molar-refractivity contribution in [3.05, 3.63) is 83.9 Å². The van der Waals surface area contributed by atoms with Crippen molar-refractivity contribution in [1.29, 1.82) is 0 Å². The zero-order valence-electron chi connectivity index (χ0n) is 19.7. The van der Waals surface area contributed by atoms with Gasteiger partial charge in [0.25, 0.3) is 5.91 Å². The van der Waals surface area contributed by atoms with Gasteiger partial charge in [-0.25, -0.2) is 4.79 Å². The van der Waals surface area contributed by atoms with Gasteiger partial charge in [0.15, 0.2) is 0 Å². The molecule has 0 radical (unpaired) electrons. The SMILES string of the molecule is COC(=O)NC(Cc1ccccc1)C(=O)Nc1cc(OC)c(NC(=O)c2ccccc2)cc1OC. The highest BCUT2D eigenvalue weighted by atomic mass is 16.5. The van der Waals surface area contributed by atoms with Crippen LogP contribution in [0.1, 0.15) is 15.9 Å². The molecule has 0 aliphatic heterocycles. The number of alkyl carbamates (subject to hydrolysis) is 1. The van der Waals surface area contributed by atoms with Crippen LogP contribution in [-0.4, -0.2) is 45.3 Å². The summed E-state index contributed by atoms with van der Waals surface area (Å²) in [4.78, 5) is 37.6. The monoisotopic (exact) mass is 477 g/mol. The number of methoxy groups -OCH3 is 3. The molecule has 0 saturated heterocycles. The van der Waals surface area contributed by atoms with E-state index in [1.54, 1.807) is 30.3 Å². The Morgan fingerprint density at radius 1 is 0.771 bits per heavy atom. The fourth-order valence-corrected chi connectivity index (χ4v) is 3.36. The molecular formula is C26H27N3O6. The van der Waals surface area contributed by atoms with E-state index in [-0.39, 0.29) is 12.3 Å². The fraction of sp³-hybridized carbons (Fsp3) is 0.192. The van der Waals surface area contributed by atoms with Gasteiger partial charge in [0, 0.05) is 24.1 Å². The number of benzene rings is 3. The molecule has 3 aromatic carbocycles. The second-order valence-corrected chi connectivity index (χ2v) is 7.44. The van der Waals surface area contributed by atoms with E-state index in [0.29, 0.717) is 28.4 Å². The smallest absolute Gasteiger partial charge is 0.407 e. The molecule has 35 heavy (non-hydrogen) atoms. The lowest BCUT2D eigenvalue weighted by Gasteiger charge is -2.20. The molecule has 9 heteroatoms. The molecule has 1 unspecified atom stereocenters. The summed E-state index contributed by atoms with van der Waals surface area (Å²) in [6.45, 7) is 0. The Labute approximate surface area is 203 Å². The van der Waals surface area contributed by atoms with Crippen molar-refractivity contribution in [3.63, 3.8) is 0 Å². The number of carbonyl (C=O) groups excluding carboxylic acids is 3. The minimum Gasteiger partial charge on any atom is -0.494 e. The first-order chi connectivity index (χ1) is 16.9. The molecule has 3 N–H and O–H groups in total. The van der Waals surface area contributed by atoms with Gasteiger partial charge in [0.2, 0.25) is 5.91 Å². The Kier molecular flexibility index (Phi) is 8.66. The normalized spacial score (nSPS) is 11.1. The van der Waals surface area contributed by atoms with Crippen LogP contribution < -0.4 is 25.4 Å². The number of carbonyl (C=O) groups is 3. The van der Waals surface area contributed by atoms with Crippen LogP contribution in [0.4, 0.5) is 16.2 Å². The highest BCUT2D eigenvalue weighted by Gasteiger charge is 2.24. The van der Waals surface area contributed by atoms with Crippen molar-refractivity contribution in [2.75, 3.05) is 32.0 Å². The van der Waals surface area contributed by atoms with Crippen LogP contribution in [0.5, 0.6) is 11.5 Å². The first-order valence-corrected chi connectivity index (χ1v) is 10.8. The van der Waals surface area contributed by atoms with E-state index in [4.69, 9.17) is 9.47 Å². The van der Waals surface area contributed by atoms with Gasteiger partial charge in [0.1, 0.15) is 17.5 Å². The molecule has 0 saturated carbocycles. The summed E-state index contributed by atoms with van der Waals surface area (Å²) in [6, 6.07) is 20.2. The van der Waals surface area contributed by atoms with Crippen molar-refractivity contribution < 1.29 is 28.6 Å². The van der Waals surface area contributed by atoms with Crippen LogP contribution in [0, 0.1) is 0 Å². The van der Waals surface area contributed by atoms with E-state index < -0.39 is 18.0 Å². The van der Waals surface area contributed by atoms with E-state index in [1.165, 1.54) is 27.4 Å². The van der Waals surface area contributed by atoms with Crippen LogP contribution in [0.15, 0.2) is 72.8 Å². The first kappa shape index (κ1) is 25.1. The minimum atomic E-state index is -0.919. The number of hydrogen-bond donors (Lipinski definition) is 3. The van der Waals surface area contributed by atoms with Gasteiger partial charge in [-0.3, -0.25) is 9.59 Å². The van der Waals surface area contributed by atoms with Crippen LogP contribution in [0.2, 0.25) is 0 Å². The molecule has 182 valence electrons. The van der Waals surface area contributed by atoms with Gasteiger partial charge in [0.05, 0.1) is 32.7 Å². The predicted octanol–water partition coefficient (Wildman–Crippen LogP) is 3.86. The fourth-order valence-electron chi connectivity index (χ4n) is 3.36. The lowest BCUT2D eigenvalue weighted by Crippen LogP contribution is -2.45. The van der Waals surface area contributed by atoms with E-state index in [1.807, 2.05) is 36.4 Å². The molecule has 0 fully saturated rings. The molecule has 0 aliphatic rings. The third-order valence-electron chi connectivity index (χ3n) is 5.14. The molecule has 0 bridgehead atoms. The van der Waals surface area contributed by atoms with Crippen molar-refractivity contribution in [3.8, 4) is 11.5 Å². The van der Waals surface area contributed by atoms with Gasteiger partial charge in [-0.2, -0.15) is 0 Å². The second kappa shape index (κ2) is 12.1. The number of hydrogen-bond acceptors (Lipinski definition) is 6. The van der Waals surface area contributed by atoms with E-state index in [9.17, 15) is 14.4 Å². The molecule has 3 amide bonds. The maximum absolute atomic E-state index is 13.1. The van der Waals surface area contributed by atoms with Gasteiger partial charge in [-0.15, -0.1) is 0 Å². The zero-order chi connectivity index (χ0) is 25.2. The summed E-state index contributed by atoms with van der Waals surface area (Å²) in [6.07, 6.45) is -0.489. The van der Waals surface area contributed by atoms with Crippen molar-refractivity contribution in [1.82, 2.24) is 5.32 Å². The predicted molar refractivity (Wildman–Crippen MR) is 132 cm³/mol. The summed E-state index contributed by atoms with van der Waals surface area (Å²) >= 11 is 0. The second-order valence-electron chi connectivity index (χ2n) is 7.44. The number of anilines is 2. The number of rotatable bonds is 9. The van der Waals surface area contributed by atoms with Gasteiger partial charge in [-0.05, 0) is 17.7 Å². The standard InChI is InChI=1S/C26H27N3O6/c1-33-22-16-20(23(34-2)15-19(22)27-24(30)18-12-8-5-9-13-18)28-25(31)21(29-26(32)35-3)14-17-10-6-4-7-11-17/h4-13,15-16,21H,14H2,1-3H3,(H,27,30)(H,28,31)(H,29,32). The van der Waals surface area contributed by atoms with E-state index >= 15 is 0 Å². The Bertz CT molecular complexity index is 1170. The molecule has 3 aromatic rings. The van der Waals surface area contributed by atoms with Crippen molar-refractivity contribution in [2.24, 2.45) is 0 Å². The molecule has 0 heterocycles. The third-order valence-corrected chi connectivity index (χ3v) is 5.14. The largest absolute Gasteiger partial charge is 0.494 e. The average molecular weight is 478 g/mol. The lowest BCUT2D eigenvalue weighted by molar-refractivity contribution is -0.118. The molecule has 0 aromatic heterocycles. The van der Waals surface area contributed by atoms with Crippen LogP contribution in [0.3, 0.4) is 0 Å². The van der Waals surface area contributed by atoms with Crippen LogP contribution in [0.25, 0.3) is 0 Å².